The standard InChI is InChI=1S/C22H24ClN3O2S/c1-15-19(25-22(28-15)20-5-3-11-29-20)14-26-10-2-4-17(13-26)21(27)24-12-16-6-8-18(23)9-7-16/h3,5-9,11,17H,2,4,10,12-14H2,1H3,(H,24,27). The number of aromatic nitrogens is 1. The number of aryl methyl sites for hydroxylation is 1. The van der Waals surface area contributed by atoms with Crippen molar-refractivity contribution in [3.63, 3.8) is 0 Å². The third-order valence-electron chi connectivity index (χ3n) is 5.25. The third kappa shape index (κ3) is 5.07. The number of hydrogen-bond acceptors (Lipinski definition) is 5. The summed E-state index contributed by atoms with van der Waals surface area (Å²) in [5.74, 6) is 1.64. The summed E-state index contributed by atoms with van der Waals surface area (Å²) in [4.78, 5) is 20.7. The molecule has 152 valence electrons. The number of thiophene rings is 1. The number of amides is 1. The van der Waals surface area contributed by atoms with Crippen LogP contribution in [0, 0.1) is 12.8 Å². The van der Waals surface area contributed by atoms with Crippen LogP contribution in [-0.2, 0) is 17.9 Å². The van der Waals surface area contributed by atoms with E-state index in [1.165, 1.54) is 0 Å². The first-order valence-corrected chi connectivity index (χ1v) is 11.1. The van der Waals surface area contributed by atoms with E-state index in [2.05, 4.69) is 10.2 Å². The van der Waals surface area contributed by atoms with Crippen LogP contribution in [-0.4, -0.2) is 28.9 Å². The molecule has 2 aromatic heterocycles. The lowest BCUT2D eigenvalue weighted by molar-refractivity contribution is -0.127. The molecule has 7 heteroatoms. The van der Waals surface area contributed by atoms with Crippen LogP contribution < -0.4 is 5.32 Å². The van der Waals surface area contributed by atoms with Crippen molar-refractivity contribution in [2.45, 2.75) is 32.9 Å². The normalized spacial score (nSPS) is 17.4. The highest BCUT2D eigenvalue weighted by Gasteiger charge is 2.27. The van der Waals surface area contributed by atoms with Gasteiger partial charge < -0.3 is 9.73 Å². The predicted octanol–water partition coefficient (Wildman–Crippen LogP) is 4.89. The SMILES string of the molecule is Cc1oc(-c2cccs2)nc1CN1CCCC(C(=O)NCc2ccc(Cl)cc2)C1. The molecular weight excluding hydrogens is 406 g/mol. The first-order valence-electron chi connectivity index (χ1n) is 9.83. The molecule has 0 aliphatic carbocycles. The minimum absolute atomic E-state index is 0.0000220. The summed E-state index contributed by atoms with van der Waals surface area (Å²) >= 11 is 7.54. The van der Waals surface area contributed by atoms with E-state index in [0.717, 1.165) is 47.8 Å². The molecule has 4 rings (SSSR count). The Kier molecular flexibility index (Phi) is 6.33. The predicted molar refractivity (Wildman–Crippen MR) is 116 cm³/mol. The Morgan fingerprint density at radius 1 is 1.34 bits per heavy atom. The molecule has 3 heterocycles. The molecule has 0 radical (unpaired) electrons. The summed E-state index contributed by atoms with van der Waals surface area (Å²) in [7, 11) is 0. The van der Waals surface area contributed by atoms with E-state index in [1.54, 1.807) is 11.3 Å². The molecule has 3 aromatic rings. The molecule has 1 aliphatic rings. The Balaban J connectivity index is 1.33. The minimum Gasteiger partial charge on any atom is -0.440 e. The number of hydrogen-bond donors (Lipinski definition) is 1. The van der Waals surface area contributed by atoms with Gasteiger partial charge in [0.1, 0.15) is 5.76 Å². The fraction of sp³-hybridized carbons (Fsp3) is 0.364. The molecule has 0 spiro atoms. The quantitative estimate of drug-likeness (QED) is 0.605. The van der Waals surface area contributed by atoms with Crippen molar-refractivity contribution >= 4 is 28.8 Å². The van der Waals surface area contributed by atoms with Gasteiger partial charge >= 0.3 is 0 Å². The van der Waals surface area contributed by atoms with Crippen LogP contribution in [0.1, 0.15) is 29.9 Å². The van der Waals surface area contributed by atoms with Gasteiger partial charge in [0.05, 0.1) is 16.5 Å². The Hall–Kier alpha value is -2.15. The molecule has 1 aromatic carbocycles. The van der Waals surface area contributed by atoms with Crippen LogP contribution in [0.25, 0.3) is 10.8 Å². The molecule has 1 aliphatic heterocycles. The molecule has 1 N–H and O–H groups in total. The second-order valence-corrected chi connectivity index (χ2v) is 8.80. The zero-order valence-electron chi connectivity index (χ0n) is 16.4. The van der Waals surface area contributed by atoms with Gasteiger partial charge in [-0.2, -0.15) is 0 Å². The van der Waals surface area contributed by atoms with Crippen molar-refractivity contribution in [1.82, 2.24) is 15.2 Å². The maximum Gasteiger partial charge on any atom is 0.236 e. The van der Waals surface area contributed by atoms with E-state index in [-0.39, 0.29) is 11.8 Å². The molecule has 1 saturated heterocycles. The molecule has 1 unspecified atom stereocenters. The average molecular weight is 430 g/mol. The second-order valence-electron chi connectivity index (χ2n) is 7.42. The zero-order valence-corrected chi connectivity index (χ0v) is 17.9. The Bertz CT molecular complexity index is 953. The molecule has 0 bridgehead atoms. The van der Waals surface area contributed by atoms with E-state index in [4.69, 9.17) is 21.0 Å². The molecule has 1 amide bonds. The van der Waals surface area contributed by atoms with Gasteiger partial charge in [-0.05, 0) is 55.5 Å². The van der Waals surface area contributed by atoms with E-state index >= 15 is 0 Å². The number of benzene rings is 1. The van der Waals surface area contributed by atoms with Gasteiger partial charge in [0, 0.05) is 24.7 Å². The summed E-state index contributed by atoms with van der Waals surface area (Å²) in [5.41, 5.74) is 2.00. The lowest BCUT2D eigenvalue weighted by Crippen LogP contribution is -2.42. The number of carbonyl (C=O) groups is 1. The number of piperidine rings is 1. The Morgan fingerprint density at radius 2 is 2.17 bits per heavy atom. The van der Waals surface area contributed by atoms with Crippen LogP contribution in [0.5, 0.6) is 0 Å². The number of halogens is 1. The highest BCUT2D eigenvalue weighted by atomic mass is 35.5. The second kappa shape index (κ2) is 9.11. The minimum atomic E-state index is 0.0000220. The first-order chi connectivity index (χ1) is 14.1. The summed E-state index contributed by atoms with van der Waals surface area (Å²) in [6.07, 6.45) is 1.93. The van der Waals surface area contributed by atoms with Gasteiger partial charge in [-0.1, -0.05) is 29.8 Å². The maximum absolute atomic E-state index is 12.7. The number of carbonyl (C=O) groups excluding carboxylic acids is 1. The highest BCUT2D eigenvalue weighted by Crippen LogP contribution is 2.27. The van der Waals surface area contributed by atoms with Crippen LogP contribution >= 0.6 is 22.9 Å². The zero-order chi connectivity index (χ0) is 20.2. The number of likely N-dealkylation sites (tertiary alicyclic amines) is 1. The lowest BCUT2D eigenvalue weighted by atomic mass is 9.97. The number of nitrogens with zero attached hydrogens (tertiary/aromatic N) is 2. The molecule has 29 heavy (non-hydrogen) atoms. The van der Waals surface area contributed by atoms with Crippen molar-refractivity contribution in [1.29, 1.82) is 0 Å². The van der Waals surface area contributed by atoms with E-state index in [0.29, 0.717) is 24.0 Å². The van der Waals surface area contributed by atoms with Gasteiger partial charge in [-0.15, -0.1) is 11.3 Å². The van der Waals surface area contributed by atoms with Crippen molar-refractivity contribution in [2.24, 2.45) is 5.92 Å². The number of oxazole rings is 1. The van der Waals surface area contributed by atoms with Gasteiger partial charge in [0.2, 0.25) is 11.8 Å². The molecule has 1 atom stereocenters. The van der Waals surface area contributed by atoms with Gasteiger partial charge in [0.25, 0.3) is 0 Å². The number of rotatable bonds is 6. The molecule has 1 fully saturated rings. The largest absolute Gasteiger partial charge is 0.440 e. The monoisotopic (exact) mass is 429 g/mol. The van der Waals surface area contributed by atoms with E-state index < -0.39 is 0 Å². The summed E-state index contributed by atoms with van der Waals surface area (Å²) < 4.78 is 5.85. The summed E-state index contributed by atoms with van der Waals surface area (Å²) in [6, 6.07) is 11.6. The van der Waals surface area contributed by atoms with Crippen molar-refractivity contribution in [3.05, 3.63) is 63.8 Å². The van der Waals surface area contributed by atoms with Crippen molar-refractivity contribution in [3.8, 4) is 10.8 Å². The maximum atomic E-state index is 12.7. The van der Waals surface area contributed by atoms with Crippen molar-refractivity contribution < 1.29 is 9.21 Å². The summed E-state index contributed by atoms with van der Waals surface area (Å²) in [5, 5.41) is 5.79. The molecular formula is C22H24ClN3O2S. The Labute approximate surface area is 179 Å². The summed E-state index contributed by atoms with van der Waals surface area (Å²) in [6.45, 7) is 4.91. The molecule has 0 saturated carbocycles. The van der Waals surface area contributed by atoms with Gasteiger partial charge in [0.15, 0.2) is 0 Å². The van der Waals surface area contributed by atoms with Crippen LogP contribution in [0.3, 0.4) is 0 Å². The fourth-order valence-electron chi connectivity index (χ4n) is 3.64. The van der Waals surface area contributed by atoms with E-state index in [1.807, 2.05) is 48.7 Å². The van der Waals surface area contributed by atoms with Crippen LogP contribution in [0.15, 0.2) is 46.2 Å². The molecule has 5 nitrogen and oxygen atoms in total. The smallest absolute Gasteiger partial charge is 0.236 e. The fourth-order valence-corrected chi connectivity index (χ4v) is 4.42. The highest BCUT2D eigenvalue weighted by molar-refractivity contribution is 7.13. The van der Waals surface area contributed by atoms with Gasteiger partial charge in [-0.25, -0.2) is 4.98 Å². The van der Waals surface area contributed by atoms with Crippen LogP contribution in [0.2, 0.25) is 5.02 Å². The third-order valence-corrected chi connectivity index (χ3v) is 6.36. The topological polar surface area (TPSA) is 58.4 Å². The lowest BCUT2D eigenvalue weighted by Gasteiger charge is -2.31. The Morgan fingerprint density at radius 3 is 2.93 bits per heavy atom. The van der Waals surface area contributed by atoms with Crippen molar-refractivity contribution in [2.75, 3.05) is 13.1 Å². The first kappa shape index (κ1) is 20.1. The number of nitrogens with one attached hydrogen (secondary N) is 1. The average Bonchev–Trinajstić information content (AvgIpc) is 3.38. The van der Waals surface area contributed by atoms with Gasteiger partial charge in [-0.3, -0.25) is 9.69 Å². The van der Waals surface area contributed by atoms with E-state index in [9.17, 15) is 4.79 Å². The van der Waals surface area contributed by atoms with Crippen LogP contribution in [0.4, 0.5) is 0 Å².